The standard InChI is InChI=1S/C13H17NO2/c1-2-6-13(16)12(10-15)14-9-11-7-4-3-5-8-11/h2-9,12-13,15-16H,10H2,1H3/b6-2+,14-9+/t12-,13+/m0/s1. The van der Waals surface area contributed by atoms with E-state index < -0.39 is 12.1 Å². The van der Waals surface area contributed by atoms with Gasteiger partial charge in [-0.1, -0.05) is 42.5 Å². The smallest absolute Gasteiger partial charge is 0.102 e. The number of aliphatic hydroxyl groups is 2. The minimum atomic E-state index is -0.741. The zero-order valence-corrected chi connectivity index (χ0v) is 9.32. The van der Waals surface area contributed by atoms with E-state index in [9.17, 15) is 5.11 Å². The van der Waals surface area contributed by atoms with Crippen molar-refractivity contribution in [3.63, 3.8) is 0 Å². The summed E-state index contributed by atoms with van der Waals surface area (Å²) in [6.07, 6.45) is 4.28. The molecule has 0 bridgehead atoms. The molecule has 0 unspecified atom stereocenters. The monoisotopic (exact) mass is 219 g/mol. The van der Waals surface area contributed by atoms with Crippen LogP contribution >= 0.6 is 0 Å². The Hall–Kier alpha value is -1.45. The summed E-state index contributed by atoms with van der Waals surface area (Å²) in [7, 11) is 0. The van der Waals surface area contributed by atoms with Gasteiger partial charge in [0.15, 0.2) is 0 Å². The highest BCUT2D eigenvalue weighted by Gasteiger charge is 2.12. The lowest BCUT2D eigenvalue weighted by atomic mass is 10.1. The number of allylic oxidation sites excluding steroid dienone is 1. The van der Waals surface area contributed by atoms with Crippen molar-refractivity contribution >= 4 is 6.21 Å². The summed E-state index contributed by atoms with van der Waals surface area (Å²) in [5, 5.41) is 18.7. The van der Waals surface area contributed by atoms with Crippen molar-refractivity contribution in [1.29, 1.82) is 0 Å². The van der Waals surface area contributed by atoms with Gasteiger partial charge >= 0.3 is 0 Å². The molecule has 0 aliphatic heterocycles. The van der Waals surface area contributed by atoms with Crippen LogP contribution in [0.4, 0.5) is 0 Å². The Morgan fingerprint density at radius 3 is 2.56 bits per heavy atom. The second kappa shape index (κ2) is 6.93. The van der Waals surface area contributed by atoms with Crippen molar-refractivity contribution in [3.8, 4) is 0 Å². The first-order valence-corrected chi connectivity index (χ1v) is 5.28. The van der Waals surface area contributed by atoms with Crippen LogP contribution in [0.2, 0.25) is 0 Å². The molecule has 0 fully saturated rings. The van der Waals surface area contributed by atoms with Crippen LogP contribution in [-0.4, -0.2) is 35.2 Å². The second-order valence-electron chi connectivity index (χ2n) is 3.46. The van der Waals surface area contributed by atoms with E-state index in [2.05, 4.69) is 4.99 Å². The molecule has 0 saturated heterocycles. The Morgan fingerprint density at radius 2 is 2.00 bits per heavy atom. The minimum absolute atomic E-state index is 0.172. The quantitative estimate of drug-likeness (QED) is 0.581. The predicted octanol–water partition coefficient (Wildman–Crippen LogP) is 1.40. The first-order valence-electron chi connectivity index (χ1n) is 5.28. The maximum absolute atomic E-state index is 9.63. The van der Waals surface area contributed by atoms with E-state index in [-0.39, 0.29) is 6.61 Å². The fraction of sp³-hybridized carbons (Fsp3) is 0.308. The van der Waals surface area contributed by atoms with Crippen LogP contribution in [0.5, 0.6) is 0 Å². The van der Waals surface area contributed by atoms with Gasteiger partial charge in [-0.15, -0.1) is 0 Å². The first-order chi connectivity index (χ1) is 7.77. The summed E-state index contributed by atoms with van der Waals surface area (Å²) in [5.41, 5.74) is 0.952. The number of benzene rings is 1. The number of aliphatic hydroxyl groups excluding tert-OH is 2. The maximum Gasteiger partial charge on any atom is 0.102 e. The van der Waals surface area contributed by atoms with Crippen molar-refractivity contribution in [2.24, 2.45) is 4.99 Å². The molecule has 1 rings (SSSR count). The van der Waals surface area contributed by atoms with Crippen LogP contribution < -0.4 is 0 Å². The van der Waals surface area contributed by atoms with Crippen LogP contribution in [0.3, 0.4) is 0 Å². The molecule has 0 aromatic heterocycles. The highest BCUT2D eigenvalue weighted by molar-refractivity contribution is 5.79. The Morgan fingerprint density at radius 1 is 1.31 bits per heavy atom. The van der Waals surface area contributed by atoms with Crippen LogP contribution in [0.15, 0.2) is 47.5 Å². The lowest BCUT2D eigenvalue weighted by Gasteiger charge is -2.12. The summed E-state index contributed by atoms with van der Waals surface area (Å²) >= 11 is 0. The van der Waals surface area contributed by atoms with Crippen molar-refractivity contribution in [1.82, 2.24) is 0 Å². The summed E-state index contributed by atoms with van der Waals surface area (Å²) in [5.74, 6) is 0. The van der Waals surface area contributed by atoms with Gasteiger partial charge in [0.2, 0.25) is 0 Å². The molecule has 0 heterocycles. The number of rotatable bonds is 5. The largest absolute Gasteiger partial charge is 0.394 e. The number of hydrogen-bond acceptors (Lipinski definition) is 3. The first kappa shape index (κ1) is 12.6. The summed E-state index contributed by atoms with van der Waals surface area (Å²) in [6, 6.07) is 9.08. The highest BCUT2D eigenvalue weighted by atomic mass is 16.3. The number of hydrogen-bond donors (Lipinski definition) is 2. The Balaban J connectivity index is 2.66. The molecule has 0 saturated carbocycles. The van der Waals surface area contributed by atoms with Gasteiger partial charge in [0.1, 0.15) is 6.04 Å². The van der Waals surface area contributed by atoms with E-state index >= 15 is 0 Å². The van der Waals surface area contributed by atoms with E-state index in [0.29, 0.717) is 0 Å². The second-order valence-corrected chi connectivity index (χ2v) is 3.46. The van der Waals surface area contributed by atoms with Gasteiger partial charge in [0, 0.05) is 6.21 Å². The third-order valence-corrected chi connectivity index (χ3v) is 2.19. The number of nitrogens with zero attached hydrogens (tertiary/aromatic N) is 1. The lowest BCUT2D eigenvalue weighted by Crippen LogP contribution is -2.26. The van der Waals surface area contributed by atoms with Crippen LogP contribution in [-0.2, 0) is 0 Å². The van der Waals surface area contributed by atoms with E-state index in [4.69, 9.17) is 5.11 Å². The predicted molar refractivity (Wildman–Crippen MR) is 65.7 cm³/mol. The molecule has 0 aliphatic carbocycles. The van der Waals surface area contributed by atoms with Crippen LogP contribution in [0.1, 0.15) is 12.5 Å². The fourth-order valence-electron chi connectivity index (χ4n) is 1.29. The molecule has 0 radical (unpaired) electrons. The van der Waals surface area contributed by atoms with Crippen molar-refractivity contribution in [2.75, 3.05) is 6.61 Å². The summed E-state index contributed by atoms with van der Waals surface area (Å²) < 4.78 is 0. The Kier molecular flexibility index (Phi) is 5.46. The van der Waals surface area contributed by atoms with Gasteiger partial charge in [-0.3, -0.25) is 4.99 Å². The van der Waals surface area contributed by atoms with Gasteiger partial charge < -0.3 is 10.2 Å². The molecule has 2 atom stereocenters. The maximum atomic E-state index is 9.63. The van der Waals surface area contributed by atoms with Gasteiger partial charge in [-0.05, 0) is 12.5 Å². The third kappa shape index (κ3) is 3.96. The van der Waals surface area contributed by atoms with Crippen molar-refractivity contribution < 1.29 is 10.2 Å². The molecule has 3 heteroatoms. The van der Waals surface area contributed by atoms with Crippen molar-refractivity contribution in [3.05, 3.63) is 48.0 Å². The molecule has 86 valence electrons. The fourth-order valence-corrected chi connectivity index (χ4v) is 1.29. The zero-order chi connectivity index (χ0) is 11.8. The molecule has 3 nitrogen and oxygen atoms in total. The molecule has 1 aromatic rings. The summed E-state index contributed by atoms with van der Waals surface area (Å²) in [4.78, 5) is 4.15. The van der Waals surface area contributed by atoms with E-state index in [0.717, 1.165) is 5.56 Å². The minimum Gasteiger partial charge on any atom is -0.394 e. The van der Waals surface area contributed by atoms with E-state index in [1.54, 1.807) is 18.4 Å². The van der Waals surface area contributed by atoms with Gasteiger partial charge in [-0.25, -0.2) is 0 Å². The van der Waals surface area contributed by atoms with E-state index in [1.165, 1.54) is 0 Å². The van der Waals surface area contributed by atoms with Gasteiger partial charge in [-0.2, -0.15) is 0 Å². The Bertz CT molecular complexity index is 346. The SMILES string of the molecule is C/C=C/[C@@H](O)[C@H](CO)/N=C/c1ccccc1. The molecule has 0 spiro atoms. The van der Waals surface area contributed by atoms with Crippen LogP contribution in [0, 0.1) is 0 Å². The molecule has 16 heavy (non-hydrogen) atoms. The normalized spacial score (nSPS) is 15.7. The molecule has 2 N–H and O–H groups in total. The molecule has 0 aliphatic rings. The molecular weight excluding hydrogens is 202 g/mol. The Labute approximate surface area is 95.8 Å². The number of aliphatic imine (C=N–C) groups is 1. The highest BCUT2D eigenvalue weighted by Crippen LogP contribution is 2.02. The topological polar surface area (TPSA) is 52.8 Å². The molecule has 1 aromatic carbocycles. The van der Waals surface area contributed by atoms with Crippen molar-refractivity contribution in [2.45, 2.75) is 19.1 Å². The van der Waals surface area contributed by atoms with E-state index in [1.807, 2.05) is 37.3 Å². The third-order valence-electron chi connectivity index (χ3n) is 2.19. The van der Waals surface area contributed by atoms with Gasteiger partial charge in [0.05, 0.1) is 12.7 Å². The zero-order valence-electron chi connectivity index (χ0n) is 9.32. The lowest BCUT2D eigenvalue weighted by molar-refractivity contribution is 0.145. The average molecular weight is 219 g/mol. The molecule has 0 amide bonds. The average Bonchev–Trinajstić information content (AvgIpc) is 2.31. The molecular formula is C13H17NO2. The van der Waals surface area contributed by atoms with Gasteiger partial charge in [0.25, 0.3) is 0 Å². The summed E-state index contributed by atoms with van der Waals surface area (Å²) in [6.45, 7) is 1.65. The van der Waals surface area contributed by atoms with Crippen LogP contribution in [0.25, 0.3) is 0 Å².